The lowest BCUT2D eigenvalue weighted by atomic mass is 10.2. The molecule has 2 aromatic carbocycles. The number of thioether (sulfide) groups is 1. The minimum atomic E-state index is -0.0205. The van der Waals surface area contributed by atoms with Crippen LogP contribution in [0.4, 0.5) is 0 Å². The molecule has 5 rings (SSSR count). The topological polar surface area (TPSA) is 75.5 Å². The van der Waals surface area contributed by atoms with Crippen molar-refractivity contribution in [2.75, 3.05) is 20.8 Å². The van der Waals surface area contributed by atoms with Crippen molar-refractivity contribution in [1.29, 1.82) is 0 Å². The number of aromatic nitrogens is 3. The van der Waals surface area contributed by atoms with Gasteiger partial charge < -0.3 is 14.2 Å². The van der Waals surface area contributed by atoms with Crippen LogP contribution < -0.4 is 15.0 Å². The molecule has 1 aliphatic rings. The molecule has 1 atom stereocenters. The molecule has 4 aromatic rings. The highest BCUT2D eigenvalue weighted by atomic mass is 32.2. The molecule has 7 nitrogen and oxygen atoms in total. The van der Waals surface area contributed by atoms with Crippen molar-refractivity contribution in [3.63, 3.8) is 0 Å². The highest BCUT2D eigenvalue weighted by Crippen LogP contribution is 2.34. The number of hydrogen-bond donors (Lipinski definition) is 0. The summed E-state index contributed by atoms with van der Waals surface area (Å²) in [5.41, 5.74) is 2.60. The quantitative estimate of drug-likeness (QED) is 0.251. The van der Waals surface area contributed by atoms with E-state index in [2.05, 4.69) is 0 Å². The van der Waals surface area contributed by atoms with E-state index in [1.807, 2.05) is 47.8 Å². The Balaban J connectivity index is 1.40. The van der Waals surface area contributed by atoms with Gasteiger partial charge in [-0.2, -0.15) is 0 Å². The van der Waals surface area contributed by atoms with E-state index in [0.29, 0.717) is 39.9 Å². The molecular weight excluding hydrogens is 470 g/mol. The Bertz CT molecular complexity index is 1360. The molecule has 34 heavy (non-hydrogen) atoms. The van der Waals surface area contributed by atoms with Crippen molar-refractivity contribution in [1.82, 2.24) is 14.5 Å². The average Bonchev–Trinajstić information content (AvgIpc) is 3.56. The zero-order chi connectivity index (χ0) is 23.5. The molecule has 0 spiro atoms. The number of nitrogens with zero attached hydrogens (tertiary/aromatic N) is 3. The summed E-state index contributed by atoms with van der Waals surface area (Å²) in [5, 5.41) is 4.27. The van der Waals surface area contributed by atoms with E-state index in [1.54, 1.807) is 30.1 Å². The number of fused-ring (bicyclic) bond motifs is 1. The standard InChI is InChI=1S/C25H25N3O4S2/c1-30-21-10-9-16(12-22(21)31-2)23-26-17(14-33-23)15-34-25-27-20-8-4-3-7-19(20)24(29)28(25)13-18-6-5-11-32-18/h3-4,7-10,12,14,18H,5-6,11,13,15H2,1-2H3. The first-order chi connectivity index (χ1) is 16.7. The summed E-state index contributed by atoms with van der Waals surface area (Å²) in [4.78, 5) is 22.9. The van der Waals surface area contributed by atoms with Gasteiger partial charge >= 0.3 is 0 Å². The van der Waals surface area contributed by atoms with Gasteiger partial charge in [0.05, 0.1) is 43.5 Å². The van der Waals surface area contributed by atoms with Crippen LogP contribution in [0.2, 0.25) is 0 Å². The number of hydrogen-bond acceptors (Lipinski definition) is 8. The Kier molecular flexibility index (Phi) is 6.85. The third-order valence-electron chi connectivity index (χ3n) is 5.77. The van der Waals surface area contributed by atoms with Gasteiger partial charge in [-0.25, -0.2) is 9.97 Å². The highest BCUT2D eigenvalue weighted by molar-refractivity contribution is 7.98. The van der Waals surface area contributed by atoms with Gasteiger partial charge in [0, 0.05) is 23.3 Å². The molecule has 0 N–H and O–H groups in total. The maximum absolute atomic E-state index is 13.3. The van der Waals surface area contributed by atoms with E-state index in [4.69, 9.17) is 24.2 Å². The Morgan fingerprint density at radius 2 is 2.00 bits per heavy atom. The predicted octanol–water partition coefficient (Wildman–Crippen LogP) is 5.01. The SMILES string of the molecule is COc1ccc(-c2nc(CSc3nc4ccccc4c(=O)n3CC3CCCO3)cs2)cc1OC. The average molecular weight is 496 g/mol. The molecule has 0 bridgehead atoms. The maximum atomic E-state index is 13.3. The Hall–Kier alpha value is -2.88. The molecule has 1 saturated heterocycles. The van der Waals surface area contributed by atoms with Crippen molar-refractivity contribution < 1.29 is 14.2 Å². The van der Waals surface area contributed by atoms with Gasteiger partial charge in [0.15, 0.2) is 16.7 Å². The fourth-order valence-electron chi connectivity index (χ4n) is 4.02. The van der Waals surface area contributed by atoms with Gasteiger partial charge in [-0.3, -0.25) is 9.36 Å². The molecule has 0 aliphatic carbocycles. The summed E-state index contributed by atoms with van der Waals surface area (Å²) >= 11 is 3.11. The van der Waals surface area contributed by atoms with Gasteiger partial charge in [-0.05, 0) is 43.2 Å². The first-order valence-electron chi connectivity index (χ1n) is 11.1. The largest absolute Gasteiger partial charge is 0.493 e. The van der Waals surface area contributed by atoms with Crippen molar-refractivity contribution >= 4 is 34.0 Å². The van der Waals surface area contributed by atoms with E-state index in [0.717, 1.165) is 35.7 Å². The molecule has 1 fully saturated rings. The summed E-state index contributed by atoms with van der Waals surface area (Å²) < 4.78 is 18.3. The van der Waals surface area contributed by atoms with Crippen molar-refractivity contribution in [3.05, 3.63) is 63.9 Å². The second kappa shape index (κ2) is 10.2. The number of ether oxygens (including phenoxy) is 3. The third-order valence-corrected chi connectivity index (χ3v) is 7.72. The fourth-order valence-corrected chi connectivity index (χ4v) is 5.85. The molecule has 1 unspecified atom stereocenters. The summed E-state index contributed by atoms with van der Waals surface area (Å²) in [6, 6.07) is 13.3. The second-order valence-corrected chi connectivity index (χ2v) is 9.77. The second-order valence-electron chi connectivity index (χ2n) is 7.96. The van der Waals surface area contributed by atoms with E-state index in [9.17, 15) is 4.79 Å². The van der Waals surface area contributed by atoms with E-state index < -0.39 is 0 Å². The van der Waals surface area contributed by atoms with Crippen LogP contribution in [-0.2, 0) is 17.0 Å². The van der Waals surface area contributed by atoms with Crippen molar-refractivity contribution in [2.24, 2.45) is 0 Å². The minimum absolute atomic E-state index is 0.0205. The lowest BCUT2D eigenvalue weighted by Gasteiger charge is -2.16. The summed E-state index contributed by atoms with van der Waals surface area (Å²) in [6.45, 7) is 1.27. The molecular formula is C25H25N3O4S2. The van der Waals surface area contributed by atoms with Crippen LogP contribution in [0.25, 0.3) is 21.5 Å². The molecule has 0 amide bonds. The summed E-state index contributed by atoms with van der Waals surface area (Å²) in [7, 11) is 3.24. The van der Waals surface area contributed by atoms with Crippen LogP contribution >= 0.6 is 23.1 Å². The Labute approximate surface area is 205 Å². The van der Waals surface area contributed by atoms with Crippen LogP contribution in [0.5, 0.6) is 11.5 Å². The van der Waals surface area contributed by atoms with Crippen molar-refractivity contribution in [2.45, 2.75) is 36.4 Å². The normalized spacial score (nSPS) is 15.6. The Morgan fingerprint density at radius 3 is 2.79 bits per heavy atom. The van der Waals surface area contributed by atoms with Crippen LogP contribution in [-0.4, -0.2) is 41.5 Å². The molecule has 176 valence electrons. The smallest absolute Gasteiger partial charge is 0.262 e. The van der Waals surface area contributed by atoms with Gasteiger partial charge in [0.1, 0.15) is 5.01 Å². The van der Waals surface area contributed by atoms with Crippen LogP contribution in [0.1, 0.15) is 18.5 Å². The van der Waals surface area contributed by atoms with E-state index in [-0.39, 0.29) is 11.7 Å². The van der Waals surface area contributed by atoms with Gasteiger partial charge in [0.2, 0.25) is 0 Å². The fraction of sp³-hybridized carbons (Fsp3) is 0.320. The summed E-state index contributed by atoms with van der Waals surface area (Å²) in [5.74, 6) is 1.97. The first-order valence-corrected chi connectivity index (χ1v) is 12.9. The number of rotatable bonds is 8. The zero-order valence-corrected chi connectivity index (χ0v) is 20.7. The molecule has 3 heterocycles. The molecule has 2 aromatic heterocycles. The number of benzene rings is 2. The van der Waals surface area contributed by atoms with Gasteiger partial charge in [0.25, 0.3) is 5.56 Å². The van der Waals surface area contributed by atoms with Gasteiger partial charge in [-0.15, -0.1) is 11.3 Å². The lowest BCUT2D eigenvalue weighted by molar-refractivity contribution is 0.0937. The van der Waals surface area contributed by atoms with Crippen LogP contribution in [0, 0.1) is 0 Å². The highest BCUT2D eigenvalue weighted by Gasteiger charge is 2.20. The molecule has 1 aliphatic heterocycles. The molecule has 0 saturated carbocycles. The maximum Gasteiger partial charge on any atom is 0.262 e. The number of methoxy groups -OCH3 is 2. The predicted molar refractivity (Wildman–Crippen MR) is 135 cm³/mol. The number of para-hydroxylation sites is 1. The number of thiazole rings is 1. The van der Waals surface area contributed by atoms with Crippen LogP contribution in [0.3, 0.4) is 0 Å². The Morgan fingerprint density at radius 1 is 1.15 bits per heavy atom. The van der Waals surface area contributed by atoms with E-state index in [1.165, 1.54) is 11.8 Å². The van der Waals surface area contributed by atoms with Crippen LogP contribution in [0.15, 0.2) is 57.8 Å². The third kappa shape index (κ3) is 4.68. The van der Waals surface area contributed by atoms with E-state index >= 15 is 0 Å². The van der Waals surface area contributed by atoms with Gasteiger partial charge in [-0.1, -0.05) is 23.9 Å². The zero-order valence-electron chi connectivity index (χ0n) is 19.0. The monoisotopic (exact) mass is 495 g/mol. The lowest BCUT2D eigenvalue weighted by Crippen LogP contribution is -2.28. The first kappa shape index (κ1) is 22.9. The minimum Gasteiger partial charge on any atom is -0.493 e. The molecule has 9 heteroatoms. The van der Waals surface area contributed by atoms with Crippen molar-refractivity contribution in [3.8, 4) is 22.1 Å². The summed E-state index contributed by atoms with van der Waals surface area (Å²) in [6.07, 6.45) is 2.04. The molecule has 0 radical (unpaired) electrons.